The summed E-state index contributed by atoms with van der Waals surface area (Å²) in [5.41, 5.74) is -0.392. The predicted molar refractivity (Wildman–Crippen MR) is 67.0 cm³/mol. The van der Waals surface area contributed by atoms with Gasteiger partial charge in [0.05, 0.1) is 0 Å². The van der Waals surface area contributed by atoms with Gasteiger partial charge in [-0.15, -0.1) is 0 Å². The summed E-state index contributed by atoms with van der Waals surface area (Å²) >= 11 is 0. The van der Waals surface area contributed by atoms with E-state index in [9.17, 15) is 4.79 Å². The second-order valence-corrected chi connectivity index (χ2v) is 6.47. The molecule has 0 aromatic heterocycles. The molecule has 2 aliphatic heterocycles. The minimum Gasteiger partial charge on any atom is -0.444 e. The molecule has 2 unspecified atom stereocenters. The van der Waals surface area contributed by atoms with E-state index in [0.29, 0.717) is 18.1 Å². The number of nitrogens with zero attached hydrogens (tertiary/aromatic N) is 2. The van der Waals surface area contributed by atoms with Crippen molar-refractivity contribution in [3.05, 3.63) is 0 Å². The number of likely N-dealkylation sites (tertiary alicyclic amines) is 2. The van der Waals surface area contributed by atoms with Crippen LogP contribution in [0.5, 0.6) is 0 Å². The minimum absolute atomic E-state index is 0.145. The molecule has 0 aromatic rings. The molecule has 4 heteroatoms. The van der Waals surface area contributed by atoms with E-state index in [-0.39, 0.29) is 6.09 Å². The zero-order valence-corrected chi connectivity index (χ0v) is 11.6. The normalized spacial score (nSPS) is 29.2. The van der Waals surface area contributed by atoms with Crippen molar-refractivity contribution in [2.24, 2.45) is 0 Å². The van der Waals surface area contributed by atoms with Gasteiger partial charge in [-0.1, -0.05) is 0 Å². The zero-order valence-electron chi connectivity index (χ0n) is 11.6. The smallest absolute Gasteiger partial charge is 0.410 e. The van der Waals surface area contributed by atoms with Gasteiger partial charge in [-0.3, -0.25) is 4.90 Å². The molecule has 2 bridgehead atoms. The number of hydrogen-bond donors (Lipinski definition) is 0. The third-order valence-corrected chi connectivity index (χ3v) is 3.57. The topological polar surface area (TPSA) is 32.8 Å². The van der Waals surface area contributed by atoms with E-state index in [0.717, 1.165) is 19.5 Å². The average Bonchev–Trinajstić information content (AvgIpc) is 2.72. The lowest BCUT2D eigenvalue weighted by Crippen LogP contribution is -2.51. The zero-order chi connectivity index (χ0) is 12.8. The van der Waals surface area contributed by atoms with Gasteiger partial charge in [0.1, 0.15) is 5.60 Å². The van der Waals surface area contributed by atoms with Gasteiger partial charge in [0.2, 0.25) is 0 Å². The molecule has 0 N–H and O–H groups in total. The van der Waals surface area contributed by atoms with Gasteiger partial charge in [0, 0.05) is 31.2 Å². The number of ether oxygens (including phenoxy) is 1. The van der Waals surface area contributed by atoms with E-state index >= 15 is 0 Å². The molecule has 0 radical (unpaired) electrons. The Balaban J connectivity index is 1.94. The van der Waals surface area contributed by atoms with E-state index in [1.807, 2.05) is 25.7 Å². The van der Waals surface area contributed by atoms with Crippen molar-refractivity contribution < 1.29 is 9.53 Å². The van der Waals surface area contributed by atoms with Crippen LogP contribution in [0.3, 0.4) is 0 Å². The van der Waals surface area contributed by atoms with Crippen molar-refractivity contribution in [3.8, 4) is 0 Å². The number of carbonyl (C=O) groups excluding carboxylic acids is 1. The van der Waals surface area contributed by atoms with Crippen LogP contribution < -0.4 is 0 Å². The summed E-state index contributed by atoms with van der Waals surface area (Å²) in [5, 5.41) is 0. The summed E-state index contributed by atoms with van der Waals surface area (Å²) in [6.45, 7) is 12.0. The largest absolute Gasteiger partial charge is 0.444 e. The molecular formula is C13H24N2O2. The van der Waals surface area contributed by atoms with Crippen LogP contribution in [0.2, 0.25) is 0 Å². The Morgan fingerprint density at radius 3 is 2.29 bits per heavy atom. The monoisotopic (exact) mass is 240 g/mol. The first-order valence-corrected chi connectivity index (χ1v) is 6.53. The van der Waals surface area contributed by atoms with E-state index in [4.69, 9.17) is 4.74 Å². The number of fused-ring (bicyclic) bond motifs is 2. The van der Waals surface area contributed by atoms with Crippen molar-refractivity contribution in [1.29, 1.82) is 0 Å². The quantitative estimate of drug-likeness (QED) is 0.703. The van der Waals surface area contributed by atoms with E-state index < -0.39 is 5.60 Å². The van der Waals surface area contributed by atoms with Crippen molar-refractivity contribution in [2.45, 2.75) is 64.8 Å². The van der Waals surface area contributed by atoms with Crippen LogP contribution >= 0.6 is 0 Å². The maximum absolute atomic E-state index is 12.0. The maximum atomic E-state index is 12.0. The van der Waals surface area contributed by atoms with Crippen LogP contribution in [-0.4, -0.2) is 52.7 Å². The Bertz CT molecular complexity index is 309. The van der Waals surface area contributed by atoms with E-state index in [1.54, 1.807) is 0 Å². The second-order valence-electron chi connectivity index (χ2n) is 6.47. The summed E-state index contributed by atoms with van der Waals surface area (Å²) in [7, 11) is 0. The first-order chi connectivity index (χ1) is 7.78. The molecule has 2 fully saturated rings. The van der Waals surface area contributed by atoms with E-state index in [1.165, 1.54) is 0 Å². The molecular weight excluding hydrogens is 216 g/mol. The third kappa shape index (κ3) is 2.57. The molecule has 98 valence electrons. The molecule has 4 nitrogen and oxygen atoms in total. The van der Waals surface area contributed by atoms with Gasteiger partial charge in [-0.2, -0.15) is 0 Å². The number of amides is 1. The highest BCUT2D eigenvalue weighted by molar-refractivity contribution is 5.69. The maximum Gasteiger partial charge on any atom is 0.410 e. The van der Waals surface area contributed by atoms with E-state index in [2.05, 4.69) is 18.7 Å². The van der Waals surface area contributed by atoms with Gasteiger partial charge in [-0.25, -0.2) is 4.79 Å². The number of hydrogen-bond acceptors (Lipinski definition) is 3. The first-order valence-electron chi connectivity index (χ1n) is 6.53. The summed E-state index contributed by atoms with van der Waals surface area (Å²) in [4.78, 5) is 16.4. The molecule has 0 saturated carbocycles. The fourth-order valence-electron chi connectivity index (χ4n) is 2.87. The SMILES string of the molecule is CC(C)N1CC2CC1CN2C(=O)OC(C)(C)C. The predicted octanol–water partition coefficient (Wildman–Crippen LogP) is 2.09. The van der Waals surface area contributed by atoms with Gasteiger partial charge < -0.3 is 9.64 Å². The molecule has 2 heterocycles. The molecule has 17 heavy (non-hydrogen) atoms. The highest BCUT2D eigenvalue weighted by atomic mass is 16.6. The Labute approximate surface area is 104 Å². The summed E-state index contributed by atoms with van der Waals surface area (Å²) in [6, 6.07) is 1.47. The van der Waals surface area contributed by atoms with Crippen LogP contribution in [0.4, 0.5) is 4.79 Å². The summed E-state index contributed by atoms with van der Waals surface area (Å²) in [6.07, 6.45) is 0.964. The fraction of sp³-hybridized carbons (Fsp3) is 0.923. The van der Waals surface area contributed by atoms with Crippen molar-refractivity contribution in [2.75, 3.05) is 13.1 Å². The number of piperazine rings is 1. The lowest BCUT2D eigenvalue weighted by Gasteiger charge is -2.37. The second kappa shape index (κ2) is 4.16. The Morgan fingerprint density at radius 1 is 1.24 bits per heavy atom. The van der Waals surface area contributed by atoms with Crippen LogP contribution in [-0.2, 0) is 4.74 Å². The van der Waals surface area contributed by atoms with Crippen LogP contribution in [0.1, 0.15) is 41.0 Å². The molecule has 0 aliphatic carbocycles. The molecule has 2 saturated heterocycles. The number of rotatable bonds is 1. The van der Waals surface area contributed by atoms with Crippen molar-refractivity contribution >= 4 is 6.09 Å². The van der Waals surface area contributed by atoms with Gasteiger partial charge in [0.25, 0.3) is 0 Å². The lowest BCUT2D eigenvalue weighted by molar-refractivity contribution is 0.0104. The average molecular weight is 240 g/mol. The standard InChI is InChI=1S/C13H24N2O2/c1-9(2)14-7-11-6-10(14)8-15(11)12(16)17-13(3,4)5/h9-11H,6-8H2,1-5H3. The third-order valence-electron chi connectivity index (χ3n) is 3.57. The summed E-state index contributed by atoms with van der Waals surface area (Å²) in [5.74, 6) is 0. The summed E-state index contributed by atoms with van der Waals surface area (Å²) < 4.78 is 5.44. The van der Waals surface area contributed by atoms with Gasteiger partial charge in [0.15, 0.2) is 0 Å². The lowest BCUT2D eigenvalue weighted by atomic mass is 10.2. The Hall–Kier alpha value is -0.770. The first kappa shape index (κ1) is 12.7. The van der Waals surface area contributed by atoms with Crippen LogP contribution in [0.15, 0.2) is 0 Å². The fourth-order valence-corrected chi connectivity index (χ4v) is 2.87. The van der Waals surface area contributed by atoms with Crippen LogP contribution in [0.25, 0.3) is 0 Å². The molecule has 2 aliphatic rings. The molecule has 2 atom stereocenters. The molecule has 1 amide bonds. The Kier molecular flexibility index (Phi) is 3.10. The Morgan fingerprint density at radius 2 is 1.88 bits per heavy atom. The van der Waals surface area contributed by atoms with Crippen LogP contribution in [0, 0.1) is 0 Å². The molecule has 0 spiro atoms. The molecule has 0 aromatic carbocycles. The van der Waals surface area contributed by atoms with Crippen molar-refractivity contribution in [3.63, 3.8) is 0 Å². The van der Waals surface area contributed by atoms with Gasteiger partial charge >= 0.3 is 6.09 Å². The number of carbonyl (C=O) groups is 1. The highest BCUT2D eigenvalue weighted by Gasteiger charge is 2.46. The molecule has 2 rings (SSSR count). The van der Waals surface area contributed by atoms with Gasteiger partial charge in [-0.05, 0) is 41.0 Å². The van der Waals surface area contributed by atoms with Crippen molar-refractivity contribution in [1.82, 2.24) is 9.80 Å². The highest BCUT2D eigenvalue weighted by Crippen LogP contribution is 2.32. The minimum atomic E-state index is -0.392.